The molecule has 0 saturated heterocycles. The molecule has 0 aliphatic heterocycles. The number of esters is 1. The minimum atomic E-state index is -0.500. The number of hydrogen-bond acceptors (Lipinski definition) is 6. The Hall–Kier alpha value is -3.32. The standard InChI is InChI=1S/C21H17NO5S/c1-3-26-14-9-6-7-12-11-15(27-18(12)14)20(23)22-17-13-8-4-5-10-16(13)28-19(17)21(24)25-2/h4-11H,3H2,1-2H3,(H,22,23). The number of ether oxygens (including phenoxy) is 2. The third-order valence-electron chi connectivity index (χ3n) is 4.24. The SMILES string of the molecule is CCOc1cccc2cc(C(=O)Nc3c(C(=O)OC)sc4ccccc34)oc12. The summed E-state index contributed by atoms with van der Waals surface area (Å²) >= 11 is 1.27. The Morgan fingerprint density at radius 1 is 1.14 bits per heavy atom. The number of methoxy groups -OCH3 is 1. The Morgan fingerprint density at radius 2 is 1.96 bits per heavy atom. The van der Waals surface area contributed by atoms with Gasteiger partial charge in [0.05, 0.1) is 19.4 Å². The van der Waals surface area contributed by atoms with E-state index in [0.29, 0.717) is 28.5 Å². The maximum atomic E-state index is 12.9. The van der Waals surface area contributed by atoms with E-state index in [-0.39, 0.29) is 5.76 Å². The summed E-state index contributed by atoms with van der Waals surface area (Å²) in [6, 6.07) is 14.6. The van der Waals surface area contributed by atoms with E-state index in [1.165, 1.54) is 18.4 Å². The molecular weight excluding hydrogens is 378 g/mol. The molecule has 0 spiro atoms. The van der Waals surface area contributed by atoms with Crippen molar-refractivity contribution < 1.29 is 23.5 Å². The van der Waals surface area contributed by atoms with Gasteiger partial charge in [0, 0.05) is 15.5 Å². The molecule has 0 bridgehead atoms. The van der Waals surface area contributed by atoms with E-state index >= 15 is 0 Å². The Labute approximate surface area is 164 Å². The molecule has 142 valence electrons. The summed E-state index contributed by atoms with van der Waals surface area (Å²) in [5, 5.41) is 4.35. The lowest BCUT2D eigenvalue weighted by Gasteiger charge is -2.05. The number of furan rings is 1. The molecule has 0 fully saturated rings. The fourth-order valence-corrected chi connectivity index (χ4v) is 4.07. The molecule has 2 aromatic carbocycles. The number of benzene rings is 2. The topological polar surface area (TPSA) is 77.8 Å². The summed E-state index contributed by atoms with van der Waals surface area (Å²) in [6.07, 6.45) is 0. The van der Waals surface area contributed by atoms with Crippen molar-refractivity contribution in [2.24, 2.45) is 0 Å². The zero-order chi connectivity index (χ0) is 19.7. The van der Waals surface area contributed by atoms with Gasteiger partial charge in [0.1, 0.15) is 4.88 Å². The van der Waals surface area contributed by atoms with Gasteiger partial charge in [-0.15, -0.1) is 11.3 Å². The number of fused-ring (bicyclic) bond motifs is 2. The molecule has 0 aliphatic carbocycles. The highest BCUT2D eigenvalue weighted by Gasteiger charge is 2.23. The van der Waals surface area contributed by atoms with Crippen molar-refractivity contribution in [1.82, 2.24) is 0 Å². The summed E-state index contributed by atoms with van der Waals surface area (Å²) in [6.45, 7) is 2.37. The molecule has 0 aliphatic rings. The number of anilines is 1. The number of rotatable bonds is 5. The van der Waals surface area contributed by atoms with Crippen LogP contribution in [0.15, 0.2) is 52.9 Å². The second-order valence-electron chi connectivity index (χ2n) is 5.97. The van der Waals surface area contributed by atoms with Crippen LogP contribution in [0, 0.1) is 0 Å². The van der Waals surface area contributed by atoms with Crippen molar-refractivity contribution in [1.29, 1.82) is 0 Å². The highest BCUT2D eigenvalue weighted by molar-refractivity contribution is 7.21. The molecule has 6 nitrogen and oxygen atoms in total. The molecule has 0 radical (unpaired) electrons. The van der Waals surface area contributed by atoms with Crippen LogP contribution in [0.3, 0.4) is 0 Å². The molecule has 0 unspecified atom stereocenters. The number of carbonyl (C=O) groups is 2. The third kappa shape index (κ3) is 3.10. The lowest BCUT2D eigenvalue weighted by atomic mass is 10.2. The van der Waals surface area contributed by atoms with Crippen LogP contribution < -0.4 is 10.1 Å². The Kier molecular flexibility index (Phi) is 4.75. The van der Waals surface area contributed by atoms with Crippen LogP contribution in [0.2, 0.25) is 0 Å². The first-order chi connectivity index (χ1) is 13.6. The fourth-order valence-electron chi connectivity index (χ4n) is 3.00. The van der Waals surface area contributed by atoms with Crippen LogP contribution in [-0.4, -0.2) is 25.6 Å². The highest BCUT2D eigenvalue weighted by atomic mass is 32.1. The van der Waals surface area contributed by atoms with Gasteiger partial charge >= 0.3 is 5.97 Å². The van der Waals surface area contributed by atoms with Crippen LogP contribution in [0.25, 0.3) is 21.1 Å². The van der Waals surface area contributed by atoms with Gasteiger partial charge in [-0.05, 0) is 25.1 Å². The molecule has 7 heteroatoms. The fraction of sp³-hybridized carbons (Fsp3) is 0.143. The highest BCUT2D eigenvalue weighted by Crippen LogP contribution is 2.37. The van der Waals surface area contributed by atoms with Crippen LogP contribution in [0.5, 0.6) is 5.75 Å². The molecular formula is C21H17NO5S. The van der Waals surface area contributed by atoms with Crippen LogP contribution in [0.4, 0.5) is 5.69 Å². The second kappa shape index (κ2) is 7.36. The van der Waals surface area contributed by atoms with E-state index in [9.17, 15) is 9.59 Å². The van der Waals surface area contributed by atoms with Crippen molar-refractivity contribution in [3.63, 3.8) is 0 Å². The number of carbonyl (C=O) groups excluding carboxylic acids is 2. The quantitative estimate of drug-likeness (QED) is 0.477. The van der Waals surface area contributed by atoms with Crippen molar-refractivity contribution >= 4 is 50.0 Å². The van der Waals surface area contributed by atoms with Gasteiger partial charge in [0.15, 0.2) is 17.1 Å². The summed E-state index contributed by atoms with van der Waals surface area (Å²) in [7, 11) is 1.31. The Morgan fingerprint density at radius 3 is 2.75 bits per heavy atom. The number of nitrogens with one attached hydrogen (secondary N) is 1. The number of para-hydroxylation sites is 1. The van der Waals surface area contributed by atoms with Gasteiger partial charge in [-0.3, -0.25) is 4.79 Å². The zero-order valence-corrected chi connectivity index (χ0v) is 16.1. The number of thiophene rings is 1. The van der Waals surface area contributed by atoms with Crippen molar-refractivity contribution in [3.8, 4) is 5.75 Å². The predicted octanol–water partition coefficient (Wildman–Crippen LogP) is 5.09. The summed E-state index contributed by atoms with van der Waals surface area (Å²) < 4.78 is 17.0. The summed E-state index contributed by atoms with van der Waals surface area (Å²) in [5.41, 5.74) is 0.931. The van der Waals surface area contributed by atoms with Gasteiger partial charge in [-0.2, -0.15) is 0 Å². The molecule has 4 rings (SSSR count). The summed E-state index contributed by atoms with van der Waals surface area (Å²) in [4.78, 5) is 25.4. The van der Waals surface area contributed by atoms with Gasteiger partial charge in [-0.1, -0.05) is 30.3 Å². The maximum absolute atomic E-state index is 12.9. The van der Waals surface area contributed by atoms with Crippen LogP contribution in [-0.2, 0) is 4.74 Å². The molecule has 1 N–H and O–H groups in total. The largest absolute Gasteiger partial charge is 0.490 e. The van der Waals surface area contributed by atoms with Crippen molar-refractivity contribution in [2.75, 3.05) is 19.0 Å². The zero-order valence-electron chi connectivity index (χ0n) is 15.3. The maximum Gasteiger partial charge on any atom is 0.350 e. The third-order valence-corrected chi connectivity index (χ3v) is 5.39. The molecule has 1 amide bonds. The van der Waals surface area contributed by atoms with Gasteiger partial charge in [0.2, 0.25) is 0 Å². The van der Waals surface area contributed by atoms with E-state index in [4.69, 9.17) is 13.9 Å². The van der Waals surface area contributed by atoms with Gasteiger partial charge in [0.25, 0.3) is 5.91 Å². The Bertz CT molecular complexity index is 1190. The number of hydrogen-bond donors (Lipinski definition) is 1. The normalized spacial score (nSPS) is 10.9. The smallest absolute Gasteiger partial charge is 0.350 e. The molecule has 2 heterocycles. The van der Waals surface area contributed by atoms with E-state index in [0.717, 1.165) is 15.5 Å². The van der Waals surface area contributed by atoms with Gasteiger partial charge in [-0.25, -0.2) is 4.79 Å². The minimum absolute atomic E-state index is 0.133. The molecule has 0 saturated carbocycles. The lowest BCUT2D eigenvalue weighted by molar-refractivity contribution is 0.0607. The van der Waals surface area contributed by atoms with E-state index in [1.54, 1.807) is 12.1 Å². The number of amides is 1. The predicted molar refractivity (Wildman–Crippen MR) is 109 cm³/mol. The van der Waals surface area contributed by atoms with Crippen LogP contribution >= 0.6 is 11.3 Å². The first-order valence-electron chi connectivity index (χ1n) is 8.69. The molecule has 0 atom stereocenters. The molecule has 4 aromatic rings. The molecule has 28 heavy (non-hydrogen) atoms. The van der Waals surface area contributed by atoms with E-state index in [1.807, 2.05) is 43.3 Å². The van der Waals surface area contributed by atoms with E-state index < -0.39 is 11.9 Å². The average Bonchev–Trinajstić information content (AvgIpc) is 3.30. The monoisotopic (exact) mass is 395 g/mol. The second-order valence-corrected chi connectivity index (χ2v) is 7.02. The lowest BCUT2D eigenvalue weighted by Crippen LogP contribution is -2.13. The first-order valence-corrected chi connectivity index (χ1v) is 9.50. The average molecular weight is 395 g/mol. The minimum Gasteiger partial charge on any atom is -0.490 e. The van der Waals surface area contributed by atoms with Crippen LogP contribution in [0.1, 0.15) is 27.2 Å². The first kappa shape index (κ1) is 18.1. The van der Waals surface area contributed by atoms with Crippen molar-refractivity contribution in [2.45, 2.75) is 6.92 Å². The molecule has 2 aromatic heterocycles. The van der Waals surface area contributed by atoms with Gasteiger partial charge < -0.3 is 19.2 Å². The summed E-state index contributed by atoms with van der Waals surface area (Å²) in [5.74, 6) is -0.240. The Balaban J connectivity index is 1.74. The van der Waals surface area contributed by atoms with E-state index in [2.05, 4.69) is 5.32 Å². The van der Waals surface area contributed by atoms with Crippen molar-refractivity contribution in [3.05, 3.63) is 59.2 Å².